The lowest BCUT2D eigenvalue weighted by molar-refractivity contribution is -0.116. The van der Waals surface area contributed by atoms with Gasteiger partial charge in [0.2, 0.25) is 5.91 Å². The van der Waals surface area contributed by atoms with Crippen molar-refractivity contribution in [2.45, 2.75) is 26.2 Å². The molecular formula is C13H21ClN2O. The molecular weight excluding hydrogens is 236 g/mol. The Balaban J connectivity index is 0.00000256. The highest BCUT2D eigenvalue weighted by molar-refractivity contribution is 5.90. The van der Waals surface area contributed by atoms with Crippen molar-refractivity contribution in [1.29, 1.82) is 0 Å². The van der Waals surface area contributed by atoms with Crippen molar-refractivity contribution in [1.82, 2.24) is 5.32 Å². The van der Waals surface area contributed by atoms with Crippen LogP contribution >= 0.6 is 12.4 Å². The number of carbonyl (C=O) groups excluding carboxylic acids is 1. The summed E-state index contributed by atoms with van der Waals surface area (Å²) in [6.45, 7) is 5.01. The zero-order valence-electron chi connectivity index (χ0n) is 10.6. The van der Waals surface area contributed by atoms with Gasteiger partial charge in [0, 0.05) is 18.7 Å². The van der Waals surface area contributed by atoms with Crippen molar-refractivity contribution in [3.8, 4) is 0 Å². The summed E-state index contributed by atoms with van der Waals surface area (Å²) >= 11 is 0. The molecule has 0 aromatic heterocycles. The number of halogens is 1. The molecule has 0 saturated heterocycles. The summed E-state index contributed by atoms with van der Waals surface area (Å²) in [7, 11) is 1.84. The van der Waals surface area contributed by atoms with E-state index in [0.29, 0.717) is 18.9 Å². The van der Waals surface area contributed by atoms with Crippen molar-refractivity contribution in [3.63, 3.8) is 0 Å². The van der Waals surface area contributed by atoms with Crippen molar-refractivity contribution in [2.75, 3.05) is 18.9 Å². The monoisotopic (exact) mass is 256 g/mol. The molecule has 0 atom stereocenters. The van der Waals surface area contributed by atoms with E-state index in [9.17, 15) is 4.79 Å². The van der Waals surface area contributed by atoms with Crippen LogP contribution in [0.2, 0.25) is 0 Å². The second kappa shape index (κ2) is 8.09. The first-order valence-electron chi connectivity index (χ1n) is 5.68. The lowest BCUT2D eigenvalue weighted by atomic mass is 10.0. The molecule has 1 aromatic rings. The highest BCUT2D eigenvalue weighted by atomic mass is 35.5. The normalized spacial score (nSPS) is 9.88. The van der Waals surface area contributed by atoms with E-state index in [0.717, 1.165) is 5.69 Å². The van der Waals surface area contributed by atoms with Crippen LogP contribution < -0.4 is 10.6 Å². The molecule has 0 spiro atoms. The number of benzene rings is 1. The number of hydrogen-bond donors (Lipinski definition) is 2. The van der Waals surface area contributed by atoms with Crippen molar-refractivity contribution in [3.05, 3.63) is 29.8 Å². The predicted molar refractivity (Wildman–Crippen MR) is 75.0 cm³/mol. The lowest BCUT2D eigenvalue weighted by Gasteiger charge is -2.08. The molecule has 96 valence electrons. The third-order valence-corrected chi connectivity index (χ3v) is 2.46. The Morgan fingerprint density at radius 3 is 2.29 bits per heavy atom. The minimum absolute atomic E-state index is 0. The zero-order chi connectivity index (χ0) is 12.0. The topological polar surface area (TPSA) is 41.1 Å². The van der Waals surface area contributed by atoms with E-state index < -0.39 is 0 Å². The molecule has 0 aliphatic rings. The lowest BCUT2D eigenvalue weighted by Crippen LogP contribution is -2.18. The van der Waals surface area contributed by atoms with Gasteiger partial charge in [0.1, 0.15) is 0 Å². The van der Waals surface area contributed by atoms with Gasteiger partial charge in [-0.25, -0.2) is 0 Å². The number of anilines is 1. The summed E-state index contributed by atoms with van der Waals surface area (Å²) in [5.41, 5.74) is 2.15. The van der Waals surface area contributed by atoms with Crippen LogP contribution in [0.25, 0.3) is 0 Å². The van der Waals surface area contributed by atoms with Gasteiger partial charge < -0.3 is 10.6 Å². The summed E-state index contributed by atoms with van der Waals surface area (Å²) in [5.74, 6) is 0.570. The number of carbonyl (C=O) groups is 1. The predicted octanol–water partition coefficient (Wildman–Crippen LogP) is 2.78. The van der Waals surface area contributed by atoms with Crippen molar-refractivity contribution >= 4 is 24.0 Å². The van der Waals surface area contributed by atoms with E-state index in [2.05, 4.69) is 36.6 Å². The van der Waals surface area contributed by atoms with Gasteiger partial charge in [0.05, 0.1) is 0 Å². The van der Waals surface area contributed by atoms with Crippen LogP contribution in [0.15, 0.2) is 24.3 Å². The van der Waals surface area contributed by atoms with Gasteiger partial charge >= 0.3 is 0 Å². The summed E-state index contributed by atoms with van der Waals surface area (Å²) in [6, 6.07) is 8.01. The first kappa shape index (κ1) is 15.9. The maximum Gasteiger partial charge on any atom is 0.225 e. The molecule has 0 bridgehead atoms. The molecule has 0 unspecified atom stereocenters. The molecule has 0 fully saturated rings. The smallest absolute Gasteiger partial charge is 0.225 e. The van der Waals surface area contributed by atoms with E-state index in [1.54, 1.807) is 0 Å². The zero-order valence-corrected chi connectivity index (χ0v) is 11.4. The molecule has 1 amide bonds. The van der Waals surface area contributed by atoms with Crippen LogP contribution in [0, 0.1) is 0 Å². The second-order valence-electron chi connectivity index (χ2n) is 4.18. The van der Waals surface area contributed by atoms with Gasteiger partial charge in [-0.1, -0.05) is 26.0 Å². The van der Waals surface area contributed by atoms with E-state index in [1.807, 2.05) is 19.2 Å². The average molecular weight is 257 g/mol. The summed E-state index contributed by atoms with van der Waals surface area (Å²) in [5, 5.41) is 5.81. The molecule has 1 aromatic carbocycles. The van der Waals surface area contributed by atoms with E-state index in [1.165, 1.54) is 5.56 Å². The quantitative estimate of drug-likeness (QED) is 0.851. The summed E-state index contributed by atoms with van der Waals surface area (Å²) in [4.78, 5) is 11.4. The maximum absolute atomic E-state index is 11.4. The van der Waals surface area contributed by atoms with Gasteiger partial charge in [-0.2, -0.15) is 0 Å². The summed E-state index contributed by atoms with van der Waals surface area (Å²) < 4.78 is 0. The Morgan fingerprint density at radius 1 is 1.24 bits per heavy atom. The highest BCUT2D eigenvalue weighted by Gasteiger charge is 2.02. The third kappa shape index (κ3) is 5.71. The largest absolute Gasteiger partial charge is 0.326 e. The molecule has 17 heavy (non-hydrogen) atoms. The van der Waals surface area contributed by atoms with Gasteiger partial charge in [-0.05, 0) is 30.7 Å². The number of amides is 1. The van der Waals surface area contributed by atoms with Gasteiger partial charge in [-0.3, -0.25) is 4.79 Å². The Kier molecular flexibility index (Phi) is 7.59. The first-order valence-corrected chi connectivity index (χ1v) is 5.68. The first-order chi connectivity index (χ1) is 7.63. The molecule has 0 aliphatic carbocycles. The van der Waals surface area contributed by atoms with Crippen LogP contribution in [0.4, 0.5) is 5.69 Å². The van der Waals surface area contributed by atoms with Crippen molar-refractivity contribution in [2.24, 2.45) is 0 Å². The van der Waals surface area contributed by atoms with E-state index >= 15 is 0 Å². The van der Waals surface area contributed by atoms with Gasteiger partial charge in [-0.15, -0.1) is 12.4 Å². The number of rotatable bonds is 5. The van der Waals surface area contributed by atoms with Gasteiger partial charge in [0.25, 0.3) is 0 Å². The third-order valence-electron chi connectivity index (χ3n) is 2.46. The van der Waals surface area contributed by atoms with Crippen molar-refractivity contribution < 1.29 is 4.79 Å². The standard InChI is InChI=1S/C13H20N2O.ClH/c1-10(2)11-4-6-12(7-5-11)15-13(16)8-9-14-3;/h4-7,10,14H,8-9H2,1-3H3,(H,15,16);1H. The average Bonchev–Trinajstić information content (AvgIpc) is 2.27. The molecule has 0 saturated carbocycles. The summed E-state index contributed by atoms with van der Waals surface area (Å²) in [6.07, 6.45) is 0.502. The molecule has 3 nitrogen and oxygen atoms in total. The molecule has 2 N–H and O–H groups in total. The second-order valence-corrected chi connectivity index (χ2v) is 4.18. The molecule has 0 heterocycles. The minimum atomic E-state index is 0. The minimum Gasteiger partial charge on any atom is -0.326 e. The van der Waals surface area contributed by atoms with E-state index in [-0.39, 0.29) is 18.3 Å². The maximum atomic E-state index is 11.4. The van der Waals surface area contributed by atoms with E-state index in [4.69, 9.17) is 0 Å². The number of hydrogen-bond acceptors (Lipinski definition) is 2. The Morgan fingerprint density at radius 2 is 1.82 bits per heavy atom. The SMILES string of the molecule is CNCCC(=O)Nc1ccc(C(C)C)cc1.Cl. The fourth-order valence-corrected chi connectivity index (χ4v) is 1.41. The fourth-order valence-electron chi connectivity index (χ4n) is 1.41. The van der Waals surface area contributed by atoms with Crippen LogP contribution in [-0.2, 0) is 4.79 Å². The number of nitrogens with one attached hydrogen (secondary N) is 2. The molecule has 0 aliphatic heterocycles. The van der Waals surface area contributed by atoms with Crippen LogP contribution in [-0.4, -0.2) is 19.5 Å². The molecule has 4 heteroatoms. The van der Waals surface area contributed by atoms with Gasteiger partial charge in [0.15, 0.2) is 0 Å². The Bertz CT molecular complexity index is 336. The fraction of sp³-hybridized carbons (Fsp3) is 0.462. The van der Waals surface area contributed by atoms with Crippen LogP contribution in [0.5, 0.6) is 0 Å². The molecule has 1 rings (SSSR count). The Labute approximate surface area is 109 Å². The Hall–Kier alpha value is -1.06. The van der Waals surface area contributed by atoms with Crippen LogP contribution in [0.1, 0.15) is 31.7 Å². The molecule has 0 radical (unpaired) electrons. The highest BCUT2D eigenvalue weighted by Crippen LogP contribution is 2.17. The van der Waals surface area contributed by atoms with Crippen LogP contribution in [0.3, 0.4) is 0 Å².